The van der Waals surface area contributed by atoms with Gasteiger partial charge in [-0.15, -0.1) is 0 Å². The van der Waals surface area contributed by atoms with Gasteiger partial charge >= 0.3 is 0 Å². The van der Waals surface area contributed by atoms with Gasteiger partial charge in [-0.1, -0.05) is 20.8 Å². The normalized spacial score (nSPS) is 15.5. The summed E-state index contributed by atoms with van der Waals surface area (Å²) in [5.74, 6) is 2.06. The average molecular weight is 420 g/mol. The molecule has 0 radical (unpaired) electrons. The van der Waals surface area contributed by atoms with Crippen molar-refractivity contribution in [3.05, 3.63) is 36.3 Å². The number of aromatic nitrogens is 5. The van der Waals surface area contributed by atoms with E-state index in [1.165, 1.54) is 5.56 Å². The third-order valence-corrected chi connectivity index (χ3v) is 6.24. The molecule has 8 heteroatoms. The quantitative estimate of drug-likeness (QED) is 0.533. The minimum absolute atomic E-state index is 0.306. The summed E-state index contributed by atoms with van der Waals surface area (Å²) in [5.41, 5.74) is 6.08. The van der Waals surface area contributed by atoms with Crippen LogP contribution in [0.1, 0.15) is 32.3 Å². The van der Waals surface area contributed by atoms with Gasteiger partial charge in [0.05, 0.1) is 23.8 Å². The Balaban J connectivity index is 1.60. The lowest BCUT2D eigenvalue weighted by Gasteiger charge is -2.34. The summed E-state index contributed by atoms with van der Waals surface area (Å²) in [6, 6.07) is 6.31. The Hall–Kier alpha value is -3.13. The van der Waals surface area contributed by atoms with Crippen LogP contribution in [0.3, 0.4) is 0 Å². The number of rotatable bonds is 5. The van der Waals surface area contributed by atoms with Crippen molar-refractivity contribution in [1.82, 2.24) is 29.5 Å². The third kappa shape index (κ3) is 3.40. The SMILES string of the molecule is CCN1CCN(c2ccc3[nH]c(-c4cc(OC)c5ncnn5c4)c(C(C)C)c3n2)CC1. The van der Waals surface area contributed by atoms with Gasteiger partial charge in [0.1, 0.15) is 12.1 Å². The van der Waals surface area contributed by atoms with Crippen LogP contribution in [-0.4, -0.2) is 69.3 Å². The number of nitrogens with zero attached hydrogens (tertiary/aromatic N) is 6. The van der Waals surface area contributed by atoms with Gasteiger partial charge in [0.2, 0.25) is 0 Å². The van der Waals surface area contributed by atoms with E-state index in [2.05, 4.69) is 57.8 Å². The summed E-state index contributed by atoms with van der Waals surface area (Å²) >= 11 is 0. The molecule has 5 heterocycles. The summed E-state index contributed by atoms with van der Waals surface area (Å²) in [4.78, 5) is 17.9. The van der Waals surface area contributed by atoms with Crippen LogP contribution in [-0.2, 0) is 0 Å². The van der Waals surface area contributed by atoms with E-state index in [-0.39, 0.29) is 0 Å². The Morgan fingerprint density at radius 3 is 2.68 bits per heavy atom. The molecule has 8 nitrogen and oxygen atoms in total. The van der Waals surface area contributed by atoms with Crippen molar-refractivity contribution in [3.8, 4) is 17.0 Å². The first-order chi connectivity index (χ1) is 15.1. The molecule has 1 aliphatic heterocycles. The highest BCUT2D eigenvalue weighted by Gasteiger charge is 2.22. The van der Waals surface area contributed by atoms with E-state index in [1.807, 2.05) is 12.3 Å². The van der Waals surface area contributed by atoms with E-state index in [9.17, 15) is 0 Å². The van der Waals surface area contributed by atoms with E-state index in [0.29, 0.717) is 17.3 Å². The van der Waals surface area contributed by atoms with Crippen molar-refractivity contribution >= 4 is 22.5 Å². The summed E-state index contributed by atoms with van der Waals surface area (Å²) < 4.78 is 7.34. The summed E-state index contributed by atoms with van der Waals surface area (Å²) in [7, 11) is 1.66. The zero-order chi connectivity index (χ0) is 21.5. The van der Waals surface area contributed by atoms with Gasteiger partial charge in [0.25, 0.3) is 0 Å². The van der Waals surface area contributed by atoms with E-state index in [0.717, 1.165) is 60.8 Å². The van der Waals surface area contributed by atoms with Crippen LogP contribution in [0, 0.1) is 0 Å². The van der Waals surface area contributed by atoms with Crippen molar-refractivity contribution in [2.45, 2.75) is 26.7 Å². The first-order valence-corrected chi connectivity index (χ1v) is 11.0. The topological polar surface area (TPSA) is 74.6 Å². The van der Waals surface area contributed by atoms with Crippen molar-refractivity contribution in [2.75, 3.05) is 44.7 Å². The molecule has 0 bridgehead atoms. The van der Waals surface area contributed by atoms with E-state index in [1.54, 1.807) is 18.0 Å². The smallest absolute Gasteiger partial charge is 0.197 e. The molecule has 1 N–H and O–H groups in total. The van der Waals surface area contributed by atoms with E-state index < -0.39 is 0 Å². The van der Waals surface area contributed by atoms with Crippen LogP contribution in [0.15, 0.2) is 30.7 Å². The Morgan fingerprint density at radius 2 is 1.97 bits per heavy atom. The number of likely N-dealkylation sites (N-methyl/N-ethyl adjacent to an activating group) is 1. The van der Waals surface area contributed by atoms with Crippen LogP contribution in [0.5, 0.6) is 5.75 Å². The molecule has 1 fully saturated rings. The summed E-state index contributed by atoms with van der Waals surface area (Å²) in [5, 5.41) is 4.32. The van der Waals surface area contributed by atoms with Crippen molar-refractivity contribution in [3.63, 3.8) is 0 Å². The molecule has 0 atom stereocenters. The van der Waals surface area contributed by atoms with Crippen molar-refractivity contribution in [1.29, 1.82) is 0 Å². The van der Waals surface area contributed by atoms with Crippen molar-refractivity contribution in [2.24, 2.45) is 0 Å². The standard InChI is InChI=1S/C23H29N7O/c1-5-28-8-10-29(11-9-28)19-7-6-17-22(27-19)20(15(2)3)21(26-17)16-12-18(31-4)23-24-14-25-30(23)13-16/h6-7,12-15,26H,5,8-11H2,1-4H3. The van der Waals surface area contributed by atoms with Gasteiger partial charge in [-0.25, -0.2) is 14.5 Å². The number of ether oxygens (including phenoxy) is 1. The predicted molar refractivity (Wildman–Crippen MR) is 123 cm³/mol. The second-order valence-corrected chi connectivity index (χ2v) is 8.38. The van der Waals surface area contributed by atoms with Gasteiger partial charge in [0, 0.05) is 43.5 Å². The molecule has 0 saturated carbocycles. The largest absolute Gasteiger partial charge is 0.493 e. The molecule has 0 amide bonds. The highest BCUT2D eigenvalue weighted by atomic mass is 16.5. The molecule has 31 heavy (non-hydrogen) atoms. The van der Waals surface area contributed by atoms with E-state index in [4.69, 9.17) is 9.72 Å². The fourth-order valence-corrected chi connectivity index (χ4v) is 4.52. The highest BCUT2D eigenvalue weighted by molar-refractivity contribution is 5.90. The zero-order valence-electron chi connectivity index (χ0n) is 18.6. The molecule has 4 aromatic heterocycles. The highest BCUT2D eigenvalue weighted by Crippen LogP contribution is 2.37. The first kappa shape index (κ1) is 19.8. The van der Waals surface area contributed by atoms with Crippen LogP contribution in [0.25, 0.3) is 27.9 Å². The fraction of sp³-hybridized carbons (Fsp3) is 0.435. The number of methoxy groups -OCH3 is 1. The number of H-pyrrole nitrogens is 1. The predicted octanol–water partition coefficient (Wildman–Crippen LogP) is 3.55. The maximum Gasteiger partial charge on any atom is 0.197 e. The second-order valence-electron chi connectivity index (χ2n) is 8.38. The lowest BCUT2D eigenvalue weighted by molar-refractivity contribution is 0.270. The maximum absolute atomic E-state index is 5.58. The van der Waals surface area contributed by atoms with Gasteiger partial charge in [-0.05, 0) is 30.7 Å². The molecule has 0 aliphatic carbocycles. The molecule has 162 valence electrons. The number of aromatic amines is 1. The molecule has 0 spiro atoms. The molecule has 0 unspecified atom stereocenters. The van der Waals surface area contributed by atoms with Crippen molar-refractivity contribution < 1.29 is 4.74 Å². The molecular weight excluding hydrogens is 390 g/mol. The number of nitrogens with one attached hydrogen (secondary N) is 1. The van der Waals surface area contributed by atoms with Gasteiger partial charge < -0.3 is 19.5 Å². The maximum atomic E-state index is 5.58. The number of hydrogen-bond acceptors (Lipinski definition) is 6. The van der Waals surface area contributed by atoms with Crippen LogP contribution in [0.4, 0.5) is 5.82 Å². The van der Waals surface area contributed by atoms with Gasteiger partial charge in [-0.3, -0.25) is 0 Å². The van der Waals surface area contributed by atoms with Crippen LogP contribution >= 0.6 is 0 Å². The Bertz CT molecular complexity index is 1220. The number of fused-ring (bicyclic) bond motifs is 2. The number of hydrogen-bond donors (Lipinski definition) is 1. The lowest BCUT2D eigenvalue weighted by atomic mass is 9.99. The first-order valence-electron chi connectivity index (χ1n) is 11.0. The molecule has 1 saturated heterocycles. The van der Waals surface area contributed by atoms with Gasteiger partial charge in [0.15, 0.2) is 11.4 Å². The number of piperazine rings is 1. The minimum atomic E-state index is 0.306. The number of anilines is 1. The average Bonchev–Trinajstić information content (AvgIpc) is 3.42. The Labute approximate surface area is 181 Å². The van der Waals surface area contributed by atoms with E-state index >= 15 is 0 Å². The number of pyridine rings is 2. The zero-order valence-corrected chi connectivity index (χ0v) is 18.6. The minimum Gasteiger partial charge on any atom is -0.493 e. The second kappa shape index (κ2) is 7.85. The van der Waals surface area contributed by atoms with Crippen LogP contribution < -0.4 is 9.64 Å². The fourth-order valence-electron chi connectivity index (χ4n) is 4.52. The molecular formula is C23H29N7O. The van der Waals surface area contributed by atoms with Crippen LogP contribution in [0.2, 0.25) is 0 Å². The molecule has 0 aromatic carbocycles. The molecule has 1 aliphatic rings. The summed E-state index contributed by atoms with van der Waals surface area (Å²) in [6.07, 6.45) is 3.54. The Kier molecular flexibility index (Phi) is 5.02. The Morgan fingerprint density at radius 1 is 1.16 bits per heavy atom. The third-order valence-electron chi connectivity index (χ3n) is 6.24. The van der Waals surface area contributed by atoms with Gasteiger partial charge in [-0.2, -0.15) is 5.10 Å². The monoisotopic (exact) mass is 419 g/mol. The molecule has 4 aromatic rings. The summed E-state index contributed by atoms with van der Waals surface area (Å²) in [6.45, 7) is 12.0. The lowest BCUT2D eigenvalue weighted by Crippen LogP contribution is -2.46. The molecule has 5 rings (SSSR count).